The van der Waals surface area contributed by atoms with Gasteiger partial charge in [-0.05, 0) is 66.8 Å². The summed E-state index contributed by atoms with van der Waals surface area (Å²) < 4.78 is 34.6. The maximum absolute atomic E-state index is 14.0. The van der Waals surface area contributed by atoms with Gasteiger partial charge in [0.2, 0.25) is 0 Å². The molecule has 0 N–H and O–H groups in total. The molecule has 2 fully saturated rings. The van der Waals surface area contributed by atoms with Gasteiger partial charge in [0.15, 0.2) is 0 Å². The summed E-state index contributed by atoms with van der Waals surface area (Å²) in [5, 5.41) is 0.865. The van der Waals surface area contributed by atoms with E-state index in [2.05, 4.69) is 9.80 Å². The molecule has 0 radical (unpaired) electrons. The Labute approximate surface area is 185 Å². The molecule has 7 heteroatoms. The highest BCUT2D eigenvalue weighted by molar-refractivity contribution is 5.79. The van der Waals surface area contributed by atoms with E-state index >= 15 is 0 Å². The van der Waals surface area contributed by atoms with Gasteiger partial charge in [-0.25, -0.2) is 8.78 Å². The number of hydrogen-bond donors (Lipinski definition) is 0. The summed E-state index contributed by atoms with van der Waals surface area (Å²) in [6.07, 6.45) is 1.90. The zero-order chi connectivity index (χ0) is 22.1. The van der Waals surface area contributed by atoms with Gasteiger partial charge in [-0.1, -0.05) is 0 Å². The first-order valence-electron chi connectivity index (χ1n) is 11.2. The number of halogens is 2. The van der Waals surface area contributed by atoms with Crippen molar-refractivity contribution < 1.29 is 13.5 Å². The molecule has 5 nitrogen and oxygen atoms in total. The van der Waals surface area contributed by atoms with Crippen LogP contribution in [0.5, 0.6) is 0 Å². The summed E-state index contributed by atoms with van der Waals surface area (Å²) in [4.78, 5) is 17.9. The number of hydrogen-bond acceptors (Lipinski definition) is 4. The van der Waals surface area contributed by atoms with Crippen LogP contribution in [0.4, 0.5) is 14.5 Å². The highest BCUT2D eigenvalue weighted by Gasteiger charge is 2.22. The Hall–Kier alpha value is -2.77. The molecule has 32 heavy (non-hydrogen) atoms. The number of benzene rings is 2. The van der Waals surface area contributed by atoms with Crippen LogP contribution in [0.25, 0.3) is 10.9 Å². The lowest BCUT2D eigenvalue weighted by Gasteiger charge is -2.36. The third-order valence-corrected chi connectivity index (χ3v) is 6.50. The molecular formula is C25H27F2N3O2. The average molecular weight is 440 g/mol. The molecule has 0 spiro atoms. The maximum Gasteiger partial charge on any atom is 0.255 e. The second-order valence-electron chi connectivity index (χ2n) is 8.66. The first kappa shape index (κ1) is 21.1. The van der Waals surface area contributed by atoms with Crippen LogP contribution < -0.4 is 10.5 Å². The monoisotopic (exact) mass is 439 g/mol. The van der Waals surface area contributed by atoms with Crippen LogP contribution in [0.1, 0.15) is 18.4 Å². The minimum Gasteiger partial charge on any atom is -0.376 e. The lowest BCUT2D eigenvalue weighted by Crippen LogP contribution is -2.46. The van der Waals surface area contributed by atoms with Crippen molar-refractivity contribution in [1.29, 1.82) is 0 Å². The van der Waals surface area contributed by atoms with E-state index in [4.69, 9.17) is 4.74 Å². The number of rotatable bonds is 5. The van der Waals surface area contributed by atoms with Gasteiger partial charge in [0.05, 0.1) is 18.2 Å². The summed E-state index contributed by atoms with van der Waals surface area (Å²) in [6.45, 7) is 4.96. The van der Waals surface area contributed by atoms with Crippen molar-refractivity contribution in [2.75, 3.05) is 37.7 Å². The predicted molar refractivity (Wildman–Crippen MR) is 121 cm³/mol. The first-order chi connectivity index (χ1) is 15.6. The van der Waals surface area contributed by atoms with E-state index in [-0.39, 0.29) is 23.3 Å². The number of fused-ring (bicyclic) bond motifs is 1. The van der Waals surface area contributed by atoms with Gasteiger partial charge in [0.1, 0.15) is 11.6 Å². The molecule has 2 aromatic carbocycles. The van der Waals surface area contributed by atoms with Crippen molar-refractivity contribution in [3.05, 3.63) is 76.1 Å². The fraction of sp³-hybridized carbons (Fsp3) is 0.400. The standard InChI is InChI=1S/C25H27F2N3O2/c26-20-5-7-22(8-6-20)29-11-9-28(10-12-29)16-19-14-18-3-4-21(27)15-24(18)30(25(19)31)17-23-2-1-13-32-23/h3-8,14-15,23H,1-2,9-13,16-17H2/t23-/m0/s1. The number of piperazine rings is 1. The molecule has 0 amide bonds. The van der Waals surface area contributed by atoms with E-state index in [9.17, 15) is 13.6 Å². The Bertz CT molecular complexity index is 1150. The summed E-state index contributed by atoms with van der Waals surface area (Å²) in [5.74, 6) is -0.578. The molecule has 0 aliphatic carbocycles. The van der Waals surface area contributed by atoms with Crippen molar-refractivity contribution in [1.82, 2.24) is 9.47 Å². The van der Waals surface area contributed by atoms with Crippen molar-refractivity contribution in [3.63, 3.8) is 0 Å². The Morgan fingerprint density at radius 2 is 1.69 bits per heavy atom. The van der Waals surface area contributed by atoms with Gasteiger partial charge in [-0.3, -0.25) is 9.69 Å². The second-order valence-corrected chi connectivity index (χ2v) is 8.66. The minimum absolute atomic E-state index is 0.00586. The second kappa shape index (κ2) is 9.00. The molecule has 0 saturated carbocycles. The molecule has 3 heterocycles. The first-order valence-corrected chi connectivity index (χ1v) is 11.2. The Kier molecular flexibility index (Phi) is 5.93. The van der Waals surface area contributed by atoms with Crippen LogP contribution in [0.2, 0.25) is 0 Å². The molecule has 2 aliphatic heterocycles. The largest absolute Gasteiger partial charge is 0.376 e. The van der Waals surface area contributed by atoms with Crippen LogP contribution >= 0.6 is 0 Å². The number of nitrogens with zero attached hydrogens (tertiary/aromatic N) is 3. The number of ether oxygens (including phenoxy) is 1. The van der Waals surface area contributed by atoms with E-state index in [0.717, 1.165) is 55.7 Å². The van der Waals surface area contributed by atoms with Gasteiger partial charge in [0, 0.05) is 50.6 Å². The van der Waals surface area contributed by atoms with E-state index in [0.29, 0.717) is 25.2 Å². The Morgan fingerprint density at radius 1 is 0.938 bits per heavy atom. The molecule has 0 unspecified atom stereocenters. The molecule has 3 aromatic rings. The summed E-state index contributed by atoms with van der Waals surface area (Å²) in [5.41, 5.74) is 2.28. The third kappa shape index (κ3) is 4.40. The van der Waals surface area contributed by atoms with Crippen LogP contribution in [-0.2, 0) is 17.8 Å². The van der Waals surface area contributed by atoms with Crippen LogP contribution in [-0.4, -0.2) is 48.4 Å². The van der Waals surface area contributed by atoms with E-state index in [1.807, 2.05) is 6.07 Å². The molecule has 5 rings (SSSR count). The van der Waals surface area contributed by atoms with E-state index < -0.39 is 0 Å². The predicted octanol–water partition coefficient (Wildman–Crippen LogP) is 3.78. The number of aromatic nitrogens is 1. The zero-order valence-corrected chi connectivity index (χ0v) is 18.0. The fourth-order valence-corrected chi connectivity index (χ4v) is 4.75. The van der Waals surface area contributed by atoms with Gasteiger partial charge in [0.25, 0.3) is 5.56 Å². The molecule has 2 aliphatic rings. The highest BCUT2D eigenvalue weighted by atomic mass is 19.1. The lowest BCUT2D eigenvalue weighted by atomic mass is 10.1. The fourth-order valence-electron chi connectivity index (χ4n) is 4.75. The molecule has 0 bridgehead atoms. The molecule has 168 valence electrons. The highest BCUT2D eigenvalue weighted by Crippen LogP contribution is 2.21. The smallest absolute Gasteiger partial charge is 0.255 e. The van der Waals surface area contributed by atoms with E-state index in [1.165, 1.54) is 24.3 Å². The zero-order valence-electron chi connectivity index (χ0n) is 18.0. The molecule has 2 saturated heterocycles. The van der Waals surface area contributed by atoms with Crippen molar-refractivity contribution in [2.24, 2.45) is 0 Å². The maximum atomic E-state index is 14.0. The molecule has 1 aromatic heterocycles. The van der Waals surface area contributed by atoms with Crippen LogP contribution in [0.3, 0.4) is 0 Å². The molecular weight excluding hydrogens is 412 g/mol. The van der Waals surface area contributed by atoms with Crippen molar-refractivity contribution in [2.45, 2.75) is 32.0 Å². The molecule has 1 atom stereocenters. The van der Waals surface area contributed by atoms with Crippen molar-refractivity contribution >= 4 is 16.6 Å². The number of pyridine rings is 1. The van der Waals surface area contributed by atoms with Gasteiger partial charge in [-0.15, -0.1) is 0 Å². The summed E-state index contributed by atoms with van der Waals surface area (Å²) in [7, 11) is 0. The minimum atomic E-state index is -0.345. The van der Waals surface area contributed by atoms with Gasteiger partial charge in [-0.2, -0.15) is 0 Å². The van der Waals surface area contributed by atoms with Crippen LogP contribution in [0.15, 0.2) is 53.3 Å². The summed E-state index contributed by atoms with van der Waals surface area (Å²) in [6, 6.07) is 13.1. The summed E-state index contributed by atoms with van der Waals surface area (Å²) >= 11 is 0. The van der Waals surface area contributed by atoms with Crippen molar-refractivity contribution in [3.8, 4) is 0 Å². The quantitative estimate of drug-likeness (QED) is 0.607. The van der Waals surface area contributed by atoms with Crippen LogP contribution in [0, 0.1) is 11.6 Å². The number of anilines is 1. The third-order valence-electron chi connectivity index (χ3n) is 6.50. The average Bonchev–Trinajstić information content (AvgIpc) is 3.31. The van der Waals surface area contributed by atoms with Gasteiger partial charge >= 0.3 is 0 Å². The Balaban J connectivity index is 1.36. The lowest BCUT2D eigenvalue weighted by molar-refractivity contribution is 0.0970. The Morgan fingerprint density at radius 3 is 2.41 bits per heavy atom. The van der Waals surface area contributed by atoms with E-state index in [1.54, 1.807) is 22.8 Å². The normalized spacial score (nSPS) is 19.7. The van der Waals surface area contributed by atoms with Gasteiger partial charge < -0.3 is 14.2 Å². The SMILES string of the molecule is O=c1c(CN2CCN(c3ccc(F)cc3)CC2)cc2ccc(F)cc2n1C[C@@H]1CCCO1. The topological polar surface area (TPSA) is 37.7 Å².